The van der Waals surface area contributed by atoms with E-state index in [4.69, 9.17) is 0 Å². The Balaban J connectivity index is 1.91. The van der Waals surface area contributed by atoms with E-state index < -0.39 is 0 Å². The summed E-state index contributed by atoms with van der Waals surface area (Å²) in [7, 11) is 0. The highest BCUT2D eigenvalue weighted by Crippen LogP contribution is 2.08. The topological polar surface area (TPSA) is 20.3 Å². The quantitative estimate of drug-likeness (QED) is 0.572. The fourth-order valence-electron chi connectivity index (χ4n) is 1.76. The van der Waals surface area contributed by atoms with Crippen LogP contribution < -0.4 is 0 Å². The van der Waals surface area contributed by atoms with Gasteiger partial charge in [-0.15, -0.1) is 0 Å². The molecule has 0 atom stereocenters. The summed E-state index contributed by atoms with van der Waals surface area (Å²) in [4.78, 5) is 13.1. The zero-order valence-electron chi connectivity index (χ0n) is 9.17. The minimum absolute atomic E-state index is 0.193. The zero-order valence-corrected chi connectivity index (χ0v) is 9.17. The molecule has 0 unspecified atom stereocenters. The molecule has 0 bridgehead atoms. The second-order valence-electron chi connectivity index (χ2n) is 3.95. The van der Waals surface area contributed by atoms with Gasteiger partial charge in [0.05, 0.1) is 0 Å². The lowest BCUT2D eigenvalue weighted by Gasteiger charge is -2.14. The van der Waals surface area contributed by atoms with Crippen LogP contribution in [-0.4, -0.2) is 23.9 Å². The summed E-state index contributed by atoms with van der Waals surface area (Å²) in [5.74, 6) is 0.193. The van der Waals surface area contributed by atoms with Crippen molar-refractivity contribution in [2.75, 3.05) is 13.1 Å². The second kappa shape index (κ2) is 6.63. The van der Waals surface area contributed by atoms with E-state index in [-0.39, 0.29) is 5.91 Å². The Morgan fingerprint density at radius 3 is 2.57 bits per heavy atom. The van der Waals surface area contributed by atoms with E-state index in [2.05, 4.69) is 6.92 Å². The van der Waals surface area contributed by atoms with Gasteiger partial charge in [-0.3, -0.25) is 4.79 Å². The molecule has 0 N–H and O–H groups in total. The molecule has 14 heavy (non-hydrogen) atoms. The largest absolute Gasteiger partial charge is 0.335 e. The molecule has 1 aliphatic rings. The lowest BCUT2D eigenvalue weighted by Crippen LogP contribution is -2.26. The number of hydrogen-bond donors (Lipinski definition) is 0. The van der Waals surface area contributed by atoms with E-state index in [0.717, 1.165) is 19.5 Å². The molecular formula is C12H21NO. The summed E-state index contributed by atoms with van der Waals surface area (Å²) in [5, 5.41) is 0. The highest BCUT2D eigenvalue weighted by atomic mass is 16.2. The number of amides is 1. The van der Waals surface area contributed by atoms with Crippen molar-refractivity contribution in [1.82, 2.24) is 4.90 Å². The normalized spacial score (nSPS) is 15.5. The van der Waals surface area contributed by atoms with Crippen LogP contribution in [0.2, 0.25) is 0 Å². The predicted molar refractivity (Wildman–Crippen MR) is 59.1 cm³/mol. The molecule has 0 aromatic heterocycles. The van der Waals surface area contributed by atoms with E-state index in [1.807, 2.05) is 11.0 Å². The van der Waals surface area contributed by atoms with Crippen molar-refractivity contribution in [2.45, 2.75) is 45.4 Å². The second-order valence-corrected chi connectivity index (χ2v) is 3.95. The Morgan fingerprint density at radius 1 is 1.21 bits per heavy atom. The van der Waals surface area contributed by atoms with Gasteiger partial charge >= 0.3 is 0 Å². The van der Waals surface area contributed by atoms with Gasteiger partial charge in [0.1, 0.15) is 0 Å². The van der Waals surface area contributed by atoms with Crippen LogP contribution in [-0.2, 0) is 4.79 Å². The Bertz CT molecular complexity index is 198. The molecule has 0 aromatic rings. The van der Waals surface area contributed by atoms with Crippen LogP contribution in [0, 0.1) is 0 Å². The maximum atomic E-state index is 11.2. The standard InChI is InChI=1S/C12H21NO/c1-2-3-4-5-6-7-10-13-11-8-9-12(13)14/h8-9H,2-7,10-11H2,1H3. The molecule has 1 aliphatic heterocycles. The molecule has 0 aromatic carbocycles. The number of rotatable bonds is 7. The van der Waals surface area contributed by atoms with Gasteiger partial charge in [0.15, 0.2) is 0 Å². The molecule has 2 heteroatoms. The maximum Gasteiger partial charge on any atom is 0.246 e. The third-order valence-corrected chi connectivity index (χ3v) is 2.68. The summed E-state index contributed by atoms with van der Waals surface area (Å²) in [6.07, 6.45) is 11.4. The summed E-state index contributed by atoms with van der Waals surface area (Å²) >= 11 is 0. The lowest BCUT2D eigenvalue weighted by molar-refractivity contribution is -0.124. The van der Waals surface area contributed by atoms with Crippen LogP contribution >= 0.6 is 0 Å². The van der Waals surface area contributed by atoms with E-state index in [1.54, 1.807) is 6.08 Å². The Kier molecular flexibility index (Phi) is 5.35. The number of carbonyl (C=O) groups excluding carboxylic acids is 1. The summed E-state index contributed by atoms with van der Waals surface area (Å²) in [6.45, 7) is 4.00. The molecule has 1 heterocycles. The first kappa shape index (κ1) is 11.3. The van der Waals surface area contributed by atoms with Crippen molar-refractivity contribution in [3.05, 3.63) is 12.2 Å². The van der Waals surface area contributed by atoms with Crippen LogP contribution in [0.3, 0.4) is 0 Å². The van der Waals surface area contributed by atoms with E-state index in [1.165, 1.54) is 32.1 Å². The van der Waals surface area contributed by atoms with Crippen molar-refractivity contribution in [3.8, 4) is 0 Å². The predicted octanol–water partition coefficient (Wildman–Crippen LogP) is 2.75. The van der Waals surface area contributed by atoms with E-state index in [9.17, 15) is 4.79 Å². The van der Waals surface area contributed by atoms with Gasteiger partial charge in [-0.2, -0.15) is 0 Å². The molecule has 1 amide bonds. The molecule has 1 rings (SSSR count). The van der Waals surface area contributed by atoms with Gasteiger partial charge in [-0.05, 0) is 6.42 Å². The highest BCUT2D eigenvalue weighted by Gasteiger charge is 2.12. The van der Waals surface area contributed by atoms with Crippen LogP contribution in [0.5, 0.6) is 0 Å². The number of carbonyl (C=O) groups is 1. The summed E-state index contributed by atoms with van der Waals surface area (Å²) in [6, 6.07) is 0. The minimum atomic E-state index is 0.193. The molecule has 0 saturated carbocycles. The number of hydrogen-bond acceptors (Lipinski definition) is 1. The first-order chi connectivity index (χ1) is 6.84. The van der Waals surface area contributed by atoms with Crippen LogP contribution in [0.25, 0.3) is 0 Å². The summed E-state index contributed by atoms with van der Waals surface area (Å²) in [5.41, 5.74) is 0. The van der Waals surface area contributed by atoms with Gasteiger partial charge in [-0.25, -0.2) is 0 Å². The first-order valence-electron chi connectivity index (χ1n) is 5.80. The van der Waals surface area contributed by atoms with Crippen molar-refractivity contribution in [2.24, 2.45) is 0 Å². The average Bonchev–Trinajstić information content (AvgIpc) is 2.58. The monoisotopic (exact) mass is 195 g/mol. The van der Waals surface area contributed by atoms with Crippen molar-refractivity contribution < 1.29 is 4.79 Å². The average molecular weight is 195 g/mol. The van der Waals surface area contributed by atoms with Gasteiger partial charge in [0, 0.05) is 19.2 Å². The van der Waals surface area contributed by atoms with Gasteiger partial charge in [0.25, 0.3) is 0 Å². The van der Waals surface area contributed by atoms with Crippen LogP contribution in [0.1, 0.15) is 45.4 Å². The molecule has 80 valence electrons. The Hall–Kier alpha value is -0.790. The van der Waals surface area contributed by atoms with E-state index in [0.29, 0.717) is 0 Å². The summed E-state index contributed by atoms with van der Waals surface area (Å²) < 4.78 is 0. The molecular weight excluding hydrogens is 174 g/mol. The zero-order chi connectivity index (χ0) is 10.2. The lowest BCUT2D eigenvalue weighted by atomic mass is 10.1. The van der Waals surface area contributed by atoms with Crippen molar-refractivity contribution in [1.29, 1.82) is 0 Å². The third-order valence-electron chi connectivity index (χ3n) is 2.68. The molecule has 0 saturated heterocycles. The van der Waals surface area contributed by atoms with Gasteiger partial charge in [-0.1, -0.05) is 45.1 Å². The minimum Gasteiger partial charge on any atom is -0.335 e. The fourth-order valence-corrected chi connectivity index (χ4v) is 1.76. The molecule has 0 fully saturated rings. The van der Waals surface area contributed by atoms with Crippen LogP contribution in [0.4, 0.5) is 0 Å². The molecule has 0 spiro atoms. The van der Waals surface area contributed by atoms with Crippen molar-refractivity contribution in [3.63, 3.8) is 0 Å². The molecule has 0 aliphatic carbocycles. The number of nitrogens with zero attached hydrogens (tertiary/aromatic N) is 1. The van der Waals surface area contributed by atoms with Crippen molar-refractivity contribution >= 4 is 5.91 Å². The molecule has 0 radical (unpaired) electrons. The smallest absolute Gasteiger partial charge is 0.246 e. The van der Waals surface area contributed by atoms with Crippen LogP contribution in [0.15, 0.2) is 12.2 Å². The third kappa shape index (κ3) is 3.95. The Labute approximate surface area is 87.0 Å². The first-order valence-corrected chi connectivity index (χ1v) is 5.80. The maximum absolute atomic E-state index is 11.2. The number of unbranched alkanes of at least 4 members (excludes halogenated alkanes) is 5. The van der Waals surface area contributed by atoms with Gasteiger partial charge in [0.2, 0.25) is 5.91 Å². The van der Waals surface area contributed by atoms with Gasteiger partial charge < -0.3 is 4.90 Å². The highest BCUT2D eigenvalue weighted by molar-refractivity contribution is 5.89. The Morgan fingerprint density at radius 2 is 1.93 bits per heavy atom. The SMILES string of the molecule is CCCCCCCCN1CC=CC1=O. The molecule has 2 nitrogen and oxygen atoms in total. The fraction of sp³-hybridized carbons (Fsp3) is 0.750. The van der Waals surface area contributed by atoms with E-state index >= 15 is 0 Å².